The molecule has 3 heterocycles. The van der Waals surface area contributed by atoms with Crippen molar-refractivity contribution < 1.29 is 23.5 Å². The second kappa shape index (κ2) is 12.2. The van der Waals surface area contributed by atoms with Crippen LogP contribution in [-0.4, -0.2) is 69.3 Å². The van der Waals surface area contributed by atoms with Gasteiger partial charge in [-0.15, -0.1) is 10.2 Å². The largest absolute Gasteiger partial charge is 0.497 e. The normalized spacial score (nSPS) is 18.7. The Morgan fingerprint density at radius 3 is 2.63 bits per heavy atom. The first-order valence-electron chi connectivity index (χ1n) is 13.3. The number of amides is 2. The van der Waals surface area contributed by atoms with Crippen molar-refractivity contribution in [2.75, 3.05) is 20.3 Å². The summed E-state index contributed by atoms with van der Waals surface area (Å²) in [6, 6.07) is 9.90. The number of hydrogen-bond donors (Lipinski definition) is 1. The van der Waals surface area contributed by atoms with Crippen molar-refractivity contribution in [3.8, 4) is 17.1 Å². The maximum atomic E-state index is 13.8. The Morgan fingerprint density at radius 2 is 1.95 bits per heavy atom. The van der Waals surface area contributed by atoms with Gasteiger partial charge >= 0.3 is 0 Å². The van der Waals surface area contributed by atoms with E-state index in [1.165, 1.54) is 17.5 Å². The lowest BCUT2D eigenvalue weighted by molar-refractivity contribution is -0.144. The lowest BCUT2D eigenvalue weighted by atomic mass is 9.95. The molecule has 38 heavy (non-hydrogen) atoms. The third-order valence-electron chi connectivity index (χ3n) is 7.15. The van der Waals surface area contributed by atoms with Gasteiger partial charge in [-0.3, -0.25) is 9.59 Å². The van der Waals surface area contributed by atoms with Crippen LogP contribution < -0.4 is 10.1 Å². The van der Waals surface area contributed by atoms with Crippen molar-refractivity contribution >= 4 is 11.8 Å². The second-order valence-electron chi connectivity index (χ2n) is 9.81. The zero-order chi connectivity index (χ0) is 26.3. The van der Waals surface area contributed by atoms with E-state index >= 15 is 0 Å². The van der Waals surface area contributed by atoms with Crippen LogP contribution >= 0.6 is 0 Å². The fourth-order valence-corrected chi connectivity index (χ4v) is 5.13. The van der Waals surface area contributed by atoms with Gasteiger partial charge in [0.1, 0.15) is 18.1 Å². The van der Waals surface area contributed by atoms with Crippen LogP contribution in [0.5, 0.6) is 5.75 Å². The highest BCUT2D eigenvalue weighted by Crippen LogP contribution is 2.27. The molecule has 2 aliphatic rings. The number of furan rings is 1. The standard InChI is InChI=1S/C27H34N6O5/c1-36-21-13-11-19(12-14-21)26-29-31-33(30-26)18-24(34)32(17-22-9-5-15-37-22)25(23-10-6-16-38-23)27(35)28-20-7-3-2-4-8-20/h6,10-14,16,20,22,25H,2-5,7-9,15,17-18H2,1H3,(H,28,35)/t22-,25+/m1/s1. The van der Waals surface area contributed by atoms with Crippen LogP contribution in [-0.2, 0) is 20.9 Å². The molecule has 2 fully saturated rings. The first-order valence-corrected chi connectivity index (χ1v) is 13.3. The first-order chi connectivity index (χ1) is 18.6. The van der Waals surface area contributed by atoms with Gasteiger partial charge in [0.2, 0.25) is 11.7 Å². The Labute approximate surface area is 221 Å². The molecule has 1 aromatic carbocycles. The van der Waals surface area contributed by atoms with Gasteiger partial charge in [-0.2, -0.15) is 4.80 Å². The first kappa shape index (κ1) is 25.9. The number of carbonyl (C=O) groups excluding carboxylic acids is 2. The topological polar surface area (TPSA) is 125 Å². The molecule has 202 valence electrons. The number of ether oxygens (including phenoxy) is 2. The van der Waals surface area contributed by atoms with E-state index in [0.29, 0.717) is 18.2 Å². The summed E-state index contributed by atoms with van der Waals surface area (Å²) >= 11 is 0. The molecule has 1 N–H and O–H groups in total. The van der Waals surface area contributed by atoms with Crippen LogP contribution in [0, 0.1) is 0 Å². The molecule has 0 bridgehead atoms. The van der Waals surface area contributed by atoms with Gasteiger partial charge < -0.3 is 24.1 Å². The number of carbonyl (C=O) groups is 2. The van der Waals surface area contributed by atoms with E-state index < -0.39 is 6.04 Å². The highest BCUT2D eigenvalue weighted by atomic mass is 16.5. The minimum Gasteiger partial charge on any atom is -0.497 e. The van der Waals surface area contributed by atoms with Gasteiger partial charge in [0.25, 0.3) is 5.91 Å². The molecule has 1 saturated carbocycles. The molecule has 0 unspecified atom stereocenters. The molecule has 1 saturated heterocycles. The minimum absolute atomic E-state index is 0.0948. The monoisotopic (exact) mass is 522 g/mol. The highest BCUT2D eigenvalue weighted by molar-refractivity contribution is 5.88. The van der Waals surface area contributed by atoms with Crippen LogP contribution in [0.4, 0.5) is 0 Å². The Morgan fingerprint density at radius 1 is 1.13 bits per heavy atom. The lowest BCUT2D eigenvalue weighted by Gasteiger charge is -2.33. The molecular weight excluding hydrogens is 488 g/mol. The predicted molar refractivity (Wildman–Crippen MR) is 137 cm³/mol. The van der Waals surface area contributed by atoms with Crippen LogP contribution in [0.3, 0.4) is 0 Å². The fraction of sp³-hybridized carbons (Fsp3) is 0.519. The van der Waals surface area contributed by atoms with E-state index in [4.69, 9.17) is 13.9 Å². The zero-order valence-electron chi connectivity index (χ0n) is 21.6. The molecular formula is C27H34N6O5. The molecule has 2 amide bonds. The Kier molecular flexibility index (Phi) is 8.32. The minimum atomic E-state index is -0.923. The number of benzene rings is 1. The Balaban J connectivity index is 1.37. The third-order valence-corrected chi connectivity index (χ3v) is 7.15. The van der Waals surface area contributed by atoms with Crippen LogP contribution in [0.1, 0.15) is 56.7 Å². The average molecular weight is 523 g/mol. The summed E-state index contributed by atoms with van der Waals surface area (Å²) in [4.78, 5) is 30.2. The van der Waals surface area contributed by atoms with Crippen molar-refractivity contribution in [1.29, 1.82) is 0 Å². The number of aromatic nitrogens is 4. The number of nitrogens with one attached hydrogen (secondary N) is 1. The number of hydrogen-bond acceptors (Lipinski definition) is 8. The summed E-state index contributed by atoms with van der Waals surface area (Å²) < 4.78 is 16.7. The molecule has 11 nitrogen and oxygen atoms in total. The molecule has 5 rings (SSSR count). The summed E-state index contributed by atoms with van der Waals surface area (Å²) in [5.74, 6) is 0.957. The van der Waals surface area contributed by atoms with Gasteiger partial charge in [-0.25, -0.2) is 0 Å². The Bertz CT molecular complexity index is 1180. The average Bonchev–Trinajstić information content (AvgIpc) is 3.73. The van der Waals surface area contributed by atoms with Crippen molar-refractivity contribution in [2.24, 2.45) is 0 Å². The summed E-state index contributed by atoms with van der Waals surface area (Å²) in [7, 11) is 1.60. The fourth-order valence-electron chi connectivity index (χ4n) is 5.13. The number of methoxy groups -OCH3 is 1. The van der Waals surface area contributed by atoms with E-state index in [9.17, 15) is 9.59 Å². The van der Waals surface area contributed by atoms with Crippen LogP contribution in [0.2, 0.25) is 0 Å². The van der Waals surface area contributed by atoms with Gasteiger partial charge in [-0.1, -0.05) is 19.3 Å². The van der Waals surface area contributed by atoms with Gasteiger partial charge in [0.15, 0.2) is 6.04 Å². The van der Waals surface area contributed by atoms with Crippen LogP contribution in [0.25, 0.3) is 11.4 Å². The molecule has 3 aromatic rings. The second-order valence-corrected chi connectivity index (χ2v) is 9.81. The molecule has 1 aliphatic carbocycles. The quantitative estimate of drug-likeness (QED) is 0.431. The SMILES string of the molecule is COc1ccc(-c2nnn(CC(=O)N(C[C@H]3CCCO3)[C@H](C(=O)NC3CCCCC3)c3ccco3)n2)cc1. The molecule has 0 spiro atoms. The van der Waals surface area contributed by atoms with Gasteiger partial charge in [-0.05, 0) is 67.3 Å². The molecule has 2 aromatic heterocycles. The van der Waals surface area contributed by atoms with Crippen molar-refractivity contribution in [2.45, 2.75) is 69.7 Å². The lowest BCUT2D eigenvalue weighted by Crippen LogP contribution is -2.49. The summed E-state index contributed by atoms with van der Waals surface area (Å²) in [5, 5.41) is 15.8. The molecule has 0 radical (unpaired) electrons. The van der Waals surface area contributed by atoms with Gasteiger partial charge in [0.05, 0.1) is 19.5 Å². The molecule has 11 heteroatoms. The summed E-state index contributed by atoms with van der Waals surface area (Å²) in [5.41, 5.74) is 0.751. The van der Waals surface area contributed by atoms with E-state index in [1.54, 1.807) is 24.1 Å². The zero-order valence-corrected chi connectivity index (χ0v) is 21.6. The van der Waals surface area contributed by atoms with E-state index in [0.717, 1.165) is 49.8 Å². The summed E-state index contributed by atoms with van der Waals surface area (Å²) in [6.45, 7) is 0.731. The molecule has 2 atom stereocenters. The van der Waals surface area contributed by atoms with Crippen molar-refractivity contribution in [3.63, 3.8) is 0 Å². The maximum Gasteiger partial charge on any atom is 0.250 e. The Hall–Kier alpha value is -3.73. The van der Waals surface area contributed by atoms with E-state index in [-0.39, 0.29) is 37.0 Å². The summed E-state index contributed by atoms with van der Waals surface area (Å²) in [6.07, 6.45) is 8.33. The van der Waals surface area contributed by atoms with Crippen LogP contribution in [0.15, 0.2) is 47.1 Å². The number of rotatable bonds is 10. The van der Waals surface area contributed by atoms with E-state index in [2.05, 4.69) is 20.7 Å². The number of tetrazole rings is 1. The number of nitrogens with zero attached hydrogens (tertiary/aromatic N) is 5. The van der Waals surface area contributed by atoms with Crippen molar-refractivity contribution in [3.05, 3.63) is 48.4 Å². The highest BCUT2D eigenvalue weighted by Gasteiger charge is 2.37. The van der Waals surface area contributed by atoms with Gasteiger partial charge in [0, 0.05) is 24.8 Å². The van der Waals surface area contributed by atoms with E-state index in [1.807, 2.05) is 24.3 Å². The smallest absolute Gasteiger partial charge is 0.250 e. The van der Waals surface area contributed by atoms with Crippen molar-refractivity contribution in [1.82, 2.24) is 30.4 Å². The third kappa shape index (κ3) is 6.21. The maximum absolute atomic E-state index is 13.8. The molecule has 1 aliphatic heterocycles. The predicted octanol–water partition coefficient (Wildman–Crippen LogP) is 3.14.